The van der Waals surface area contributed by atoms with Crippen molar-refractivity contribution in [3.63, 3.8) is 0 Å². The number of alkyl halides is 4. The summed E-state index contributed by atoms with van der Waals surface area (Å²) in [4.78, 5) is 37.0. The molecule has 15 heteroatoms. The van der Waals surface area contributed by atoms with Crippen LogP contribution in [0.5, 0.6) is 0 Å². The summed E-state index contributed by atoms with van der Waals surface area (Å²) in [7, 11) is 0. The Kier molecular flexibility index (Phi) is 8.83. The average Bonchev–Trinajstić information content (AvgIpc) is 3.47. The summed E-state index contributed by atoms with van der Waals surface area (Å²) in [6.07, 6.45) is -3.54. The fourth-order valence-corrected chi connectivity index (χ4v) is 5.47. The molecule has 0 saturated heterocycles. The number of amides is 3. The summed E-state index contributed by atoms with van der Waals surface area (Å²) in [6, 6.07) is 9.49. The van der Waals surface area contributed by atoms with E-state index in [1.807, 2.05) is 0 Å². The Hall–Kier alpha value is -2.68. The summed E-state index contributed by atoms with van der Waals surface area (Å²) >= 11 is 20.6. The number of anilines is 3. The number of rotatable bonds is 7. The highest BCUT2D eigenvalue weighted by atomic mass is 127. The van der Waals surface area contributed by atoms with Crippen molar-refractivity contribution in [2.45, 2.75) is 16.7 Å². The molecule has 1 aliphatic rings. The largest absolute Gasteiger partial charge is 0.326 e. The van der Waals surface area contributed by atoms with Crippen molar-refractivity contribution in [1.82, 2.24) is 0 Å². The first-order chi connectivity index (χ1) is 18.7. The third-order valence-electron chi connectivity index (χ3n) is 5.90. The lowest BCUT2D eigenvalue weighted by atomic mass is 10.1. The van der Waals surface area contributed by atoms with Crippen molar-refractivity contribution >= 4 is 92.2 Å². The molecular weight excluding hydrogens is 719 g/mol. The topological polar surface area (TPSA) is 87.3 Å². The smallest absolute Gasteiger partial charge is 0.315 e. The number of hydrogen-bond donors (Lipinski definition) is 3. The molecule has 0 aromatic heterocycles. The minimum Gasteiger partial charge on any atom is -0.326 e. The number of halogens is 9. The third-order valence-corrected chi connectivity index (χ3v) is 8.00. The maximum Gasteiger partial charge on any atom is 0.315 e. The Morgan fingerprint density at radius 2 is 1.57 bits per heavy atom. The zero-order valence-corrected chi connectivity index (χ0v) is 23.9. The molecule has 210 valence electrons. The van der Waals surface area contributed by atoms with Crippen LogP contribution < -0.4 is 16.0 Å². The average molecular weight is 733 g/mol. The molecule has 3 aromatic carbocycles. The van der Waals surface area contributed by atoms with Crippen LogP contribution in [0.3, 0.4) is 0 Å². The van der Waals surface area contributed by atoms with Gasteiger partial charge in [0.15, 0.2) is 5.82 Å². The van der Waals surface area contributed by atoms with E-state index in [9.17, 15) is 36.3 Å². The van der Waals surface area contributed by atoms with Gasteiger partial charge in [-0.1, -0.05) is 17.7 Å². The summed E-state index contributed by atoms with van der Waals surface area (Å²) in [6.45, 7) is 0. The molecule has 3 amide bonds. The number of carbonyl (C=O) groups excluding carboxylic acids is 3. The van der Waals surface area contributed by atoms with Crippen molar-refractivity contribution in [1.29, 1.82) is 0 Å². The quantitative estimate of drug-likeness (QED) is 0.135. The second kappa shape index (κ2) is 11.7. The molecule has 2 atom stereocenters. The number of benzene rings is 3. The molecule has 3 N–H and O–H groups in total. The monoisotopic (exact) mass is 731 g/mol. The third kappa shape index (κ3) is 6.14. The zero-order chi connectivity index (χ0) is 29.5. The summed E-state index contributed by atoms with van der Waals surface area (Å²) in [5.74, 6) is -8.42. The van der Waals surface area contributed by atoms with E-state index in [1.165, 1.54) is 41.7 Å². The molecule has 1 fully saturated rings. The maximum absolute atomic E-state index is 14.7. The SMILES string of the molecule is O=C(Nc1ccc(F)c(NC(=O)C(F)F)c1F)c1cc(NC(=O)C2C(c3ccc(F)c(I)c3)C2(Cl)Cl)ccc1Cl. The lowest BCUT2D eigenvalue weighted by Gasteiger charge is -2.13. The van der Waals surface area contributed by atoms with Gasteiger partial charge in [-0.2, -0.15) is 8.78 Å². The number of nitrogens with one attached hydrogen (secondary N) is 3. The predicted molar refractivity (Wildman–Crippen MR) is 149 cm³/mol. The minimum atomic E-state index is -3.54. The van der Waals surface area contributed by atoms with Crippen molar-refractivity contribution in [2.24, 2.45) is 5.92 Å². The molecule has 0 aliphatic heterocycles. The minimum absolute atomic E-state index is 0.0903. The Morgan fingerprint density at radius 1 is 0.900 bits per heavy atom. The Labute approximate surface area is 251 Å². The van der Waals surface area contributed by atoms with Crippen molar-refractivity contribution < 1.29 is 36.3 Å². The molecule has 0 spiro atoms. The van der Waals surface area contributed by atoms with Gasteiger partial charge in [0.1, 0.15) is 21.7 Å². The van der Waals surface area contributed by atoms with E-state index in [0.717, 1.165) is 6.07 Å². The van der Waals surface area contributed by atoms with E-state index in [-0.39, 0.29) is 16.3 Å². The first kappa shape index (κ1) is 30.3. The van der Waals surface area contributed by atoms with E-state index in [1.54, 1.807) is 22.6 Å². The second-order valence-corrected chi connectivity index (χ2v) is 11.5. The fourth-order valence-electron chi connectivity index (χ4n) is 3.90. The predicted octanol–water partition coefficient (Wildman–Crippen LogP) is 7.34. The molecule has 6 nitrogen and oxygen atoms in total. The van der Waals surface area contributed by atoms with Gasteiger partial charge in [-0.05, 0) is 70.6 Å². The van der Waals surface area contributed by atoms with Crippen LogP contribution in [0.15, 0.2) is 48.5 Å². The molecular formula is C25H14Cl3F5IN3O3. The Bertz CT molecular complexity index is 1540. The van der Waals surface area contributed by atoms with Gasteiger partial charge in [0.2, 0.25) is 5.91 Å². The summed E-state index contributed by atoms with van der Waals surface area (Å²) in [5.41, 5.74) is -1.43. The van der Waals surface area contributed by atoms with Crippen molar-refractivity contribution in [2.75, 3.05) is 16.0 Å². The van der Waals surface area contributed by atoms with Gasteiger partial charge in [0.25, 0.3) is 11.8 Å². The van der Waals surface area contributed by atoms with E-state index in [0.29, 0.717) is 15.2 Å². The van der Waals surface area contributed by atoms with Gasteiger partial charge < -0.3 is 16.0 Å². The van der Waals surface area contributed by atoms with Gasteiger partial charge in [-0.3, -0.25) is 14.4 Å². The molecule has 3 aromatic rings. The van der Waals surface area contributed by atoms with Gasteiger partial charge in [0.05, 0.1) is 22.2 Å². The van der Waals surface area contributed by atoms with Gasteiger partial charge in [0, 0.05) is 15.2 Å². The summed E-state index contributed by atoms with van der Waals surface area (Å²) in [5, 5.41) is 5.98. The van der Waals surface area contributed by atoms with Crippen LogP contribution in [0.1, 0.15) is 21.8 Å². The normalized spacial score (nSPS) is 17.4. The zero-order valence-electron chi connectivity index (χ0n) is 19.5. The lowest BCUT2D eigenvalue weighted by Crippen LogP contribution is -2.22. The Morgan fingerprint density at radius 3 is 2.23 bits per heavy atom. The molecule has 2 unspecified atom stereocenters. The van der Waals surface area contributed by atoms with E-state index in [2.05, 4.69) is 10.6 Å². The van der Waals surface area contributed by atoms with Gasteiger partial charge in [-0.15, -0.1) is 23.2 Å². The van der Waals surface area contributed by atoms with Gasteiger partial charge in [-0.25, -0.2) is 13.2 Å². The fraction of sp³-hybridized carbons (Fsp3) is 0.160. The first-order valence-corrected chi connectivity index (χ1v) is 13.2. The van der Waals surface area contributed by atoms with E-state index >= 15 is 0 Å². The molecule has 40 heavy (non-hydrogen) atoms. The van der Waals surface area contributed by atoms with Crippen LogP contribution in [-0.4, -0.2) is 28.5 Å². The van der Waals surface area contributed by atoms with Crippen molar-refractivity contribution in [3.05, 3.63) is 85.7 Å². The second-order valence-electron chi connectivity index (χ2n) is 8.52. The molecule has 4 rings (SSSR count). The van der Waals surface area contributed by atoms with Crippen LogP contribution in [0.4, 0.5) is 39.0 Å². The Balaban J connectivity index is 1.51. The van der Waals surface area contributed by atoms with Gasteiger partial charge >= 0.3 is 6.43 Å². The highest BCUT2D eigenvalue weighted by molar-refractivity contribution is 14.1. The van der Waals surface area contributed by atoms with E-state index in [4.69, 9.17) is 34.8 Å². The summed E-state index contributed by atoms with van der Waals surface area (Å²) < 4.78 is 66.2. The molecule has 0 heterocycles. The van der Waals surface area contributed by atoms with Crippen LogP contribution in [0.25, 0.3) is 0 Å². The number of hydrogen-bond acceptors (Lipinski definition) is 3. The first-order valence-electron chi connectivity index (χ1n) is 11.0. The van der Waals surface area contributed by atoms with Crippen LogP contribution in [-0.2, 0) is 9.59 Å². The molecule has 0 bridgehead atoms. The standard InChI is InChI=1S/C25H14Cl3F5IN3O3/c26-12-3-2-10(35-23(39)18-17(25(18,27)28)9-1-4-13(29)15(34)7-9)8-11(12)22(38)36-16-6-5-14(30)20(19(16)31)37-24(40)21(32)33/h1-8,17-18,21H,(H,35,39)(H,36,38)(H,37,40). The molecule has 0 radical (unpaired) electrons. The van der Waals surface area contributed by atoms with E-state index < -0.39 is 69.1 Å². The molecule has 1 saturated carbocycles. The highest BCUT2D eigenvalue weighted by Crippen LogP contribution is 2.65. The highest BCUT2D eigenvalue weighted by Gasteiger charge is 2.67. The van der Waals surface area contributed by atoms with Crippen LogP contribution in [0.2, 0.25) is 5.02 Å². The maximum atomic E-state index is 14.7. The van der Waals surface area contributed by atoms with Crippen molar-refractivity contribution in [3.8, 4) is 0 Å². The number of carbonyl (C=O) groups is 3. The van der Waals surface area contributed by atoms with Crippen LogP contribution in [0, 0.1) is 26.9 Å². The molecule has 1 aliphatic carbocycles. The van der Waals surface area contributed by atoms with Crippen LogP contribution >= 0.6 is 57.4 Å². The lowest BCUT2D eigenvalue weighted by molar-refractivity contribution is -0.126.